The van der Waals surface area contributed by atoms with Gasteiger partial charge in [-0.15, -0.1) is 11.6 Å². The fourth-order valence-corrected chi connectivity index (χ4v) is 1.22. The Morgan fingerprint density at radius 1 is 1.58 bits per heavy atom. The average molecular weight is 192 g/mol. The fourth-order valence-electron chi connectivity index (χ4n) is 1.16. The lowest BCUT2D eigenvalue weighted by Crippen LogP contribution is -2.41. The van der Waals surface area contributed by atoms with E-state index in [9.17, 15) is 4.79 Å². The molecule has 1 saturated heterocycles. The number of hydrogen-bond acceptors (Lipinski definition) is 2. The first-order valence-corrected chi connectivity index (χ1v) is 4.66. The predicted molar refractivity (Wildman–Crippen MR) is 47.3 cm³/mol. The second-order valence-electron chi connectivity index (χ2n) is 3.01. The van der Waals surface area contributed by atoms with Crippen LogP contribution in [-0.2, 0) is 9.53 Å². The summed E-state index contributed by atoms with van der Waals surface area (Å²) in [6.07, 6.45) is 1.80. The van der Waals surface area contributed by atoms with Gasteiger partial charge in [-0.3, -0.25) is 4.79 Å². The maximum atomic E-state index is 11.1. The normalized spacial score (nSPS) is 21.8. The van der Waals surface area contributed by atoms with E-state index in [0.717, 1.165) is 26.1 Å². The molecular weight excluding hydrogens is 178 g/mol. The van der Waals surface area contributed by atoms with Gasteiger partial charge in [0, 0.05) is 19.3 Å². The first kappa shape index (κ1) is 9.81. The van der Waals surface area contributed by atoms with Crippen molar-refractivity contribution in [3.05, 3.63) is 0 Å². The summed E-state index contributed by atoms with van der Waals surface area (Å²) in [7, 11) is 0. The zero-order valence-corrected chi connectivity index (χ0v) is 7.93. The molecule has 0 spiro atoms. The lowest BCUT2D eigenvalue weighted by atomic mass is 10.1. The maximum absolute atomic E-state index is 11.1. The van der Waals surface area contributed by atoms with Crippen molar-refractivity contribution in [2.75, 3.05) is 13.2 Å². The maximum Gasteiger partial charge on any atom is 0.237 e. The summed E-state index contributed by atoms with van der Waals surface area (Å²) < 4.78 is 5.16. The number of amides is 1. The molecule has 1 aliphatic rings. The molecule has 1 unspecified atom stereocenters. The molecule has 1 aliphatic heterocycles. The molecule has 1 N–H and O–H groups in total. The van der Waals surface area contributed by atoms with Crippen LogP contribution in [0.3, 0.4) is 0 Å². The van der Waals surface area contributed by atoms with E-state index < -0.39 is 5.38 Å². The number of halogens is 1. The Labute approximate surface area is 77.4 Å². The second kappa shape index (κ2) is 4.67. The Bertz CT molecular complexity index is 155. The van der Waals surface area contributed by atoms with Crippen LogP contribution in [0, 0.1) is 0 Å². The largest absolute Gasteiger partial charge is 0.381 e. The third-order valence-electron chi connectivity index (χ3n) is 1.93. The van der Waals surface area contributed by atoms with E-state index in [1.165, 1.54) is 0 Å². The van der Waals surface area contributed by atoms with Gasteiger partial charge in [0.1, 0.15) is 5.38 Å². The predicted octanol–water partition coefficient (Wildman–Crippen LogP) is 0.909. The van der Waals surface area contributed by atoms with E-state index in [1.807, 2.05) is 0 Å². The van der Waals surface area contributed by atoms with Gasteiger partial charge in [0.2, 0.25) is 5.91 Å². The minimum absolute atomic E-state index is 0.0800. The number of nitrogens with one attached hydrogen (secondary N) is 1. The first-order chi connectivity index (χ1) is 5.70. The molecule has 1 fully saturated rings. The molecule has 3 nitrogen and oxygen atoms in total. The summed E-state index contributed by atoms with van der Waals surface area (Å²) in [4.78, 5) is 11.1. The summed E-state index contributed by atoms with van der Waals surface area (Å²) >= 11 is 5.60. The summed E-state index contributed by atoms with van der Waals surface area (Å²) in [6.45, 7) is 3.15. The first-order valence-electron chi connectivity index (χ1n) is 4.22. The highest BCUT2D eigenvalue weighted by molar-refractivity contribution is 6.30. The van der Waals surface area contributed by atoms with E-state index in [2.05, 4.69) is 5.32 Å². The van der Waals surface area contributed by atoms with Crippen LogP contribution in [-0.4, -0.2) is 30.5 Å². The van der Waals surface area contributed by atoms with Crippen molar-refractivity contribution in [1.82, 2.24) is 5.32 Å². The van der Waals surface area contributed by atoms with Crippen LogP contribution in [0.5, 0.6) is 0 Å². The lowest BCUT2D eigenvalue weighted by Gasteiger charge is -2.23. The van der Waals surface area contributed by atoms with Gasteiger partial charge in [-0.2, -0.15) is 0 Å². The van der Waals surface area contributed by atoms with Gasteiger partial charge in [-0.05, 0) is 19.8 Å². The molecule has 0 aromatic rings. The van der Waals surface area contributed by atoms with Gasteiger partial charge in [0.05, 0.1) is 0 Å². The molecule has 0 aliphatic carbocycles. The van der Waals surface area contributed by atoms with Crippen LogP contribution in [0.15, 0.2) is 0 Å². The van der Waals surface area contributed by atoms with E-state index in [0.29, 0.717) is 0 Å². The number of rotatable bonds is 2. The van der Waals surface area contributed by atoms with Crippen molar-refractivity contribution in [2.24, 2.45) is 0 Å². The minimum Gasteiger partial charge on any atom is -0.381 e. The average Bonchev–Trinajstić information content (AvgIpc) is 2.06. The Morgan fingerprint density at radius 2 is 2.17 bits per heavy atom. The van der Waals surface area contributed by atoms with Crippen LogP contribution < -0.4 is 5.32 Å². The highest BCUT2D eigenvalue weighted by Gasteiger charge is 2.17. The van der Waals surface area contributed by atoms with Crippen molar-refractivity contribution in [3.8, 4) is 0 Å². The zero-order chi connectivity index (χ0) is 8.97. The molecule has 1 atom stereocenters. The molecule has 0 saturated carbocycles. The van der Waals surface area contributed by atoms with E-state index in [1.54, 1.807) is 6.92 Å². The Kier molecular flexibility index (Phi) is 3.82. The smallest absolute Gasteiger partial charge is 0.237 e. The molecule has 4 heteroatoms. The summed E-state index contributed by atoms with van der Waals surface area (Å²) in [6, 6.07) is 0.257. The molecule has 1 heterocycles. The molecule has 1 amide bonds. The van der Waals surface area contributed by atoms with E-state index >= 15 is 0 Å². The molecule has 12 heavy (non-hydrogen) atoms. The van der Waals surface area contributed by atoms with Gasteiger partial charge >= 0.3 is 0 Å². The molecule has 0 bridgehead atoms. The van der Waals surface area contributed by atoms with Crippen molar-refractivity contribution < 1.29 is 9.53 Å². The number of ether oxygens (including phenoxy) is 1. The topological polar surface area (TPSA) is 38.3 Å². The molecular formula is C8H14ClNO2. The highest BCUT2D eigenvalue weighted by atomic mass is 35.5. The van der Waals surface area contributed by atoms with Crippen molar-refractivity contribution in [2.45, 2.75) is 31.2 Å². The highest BCUT2D eigenvalue weighted by Crippen LogP contribution is 2.06. The van der Waals surface area contributed by atoms with Crippen LogP contribution >= 0.6 is 11.6 Å². The Balaban J connectivity index is 2.24. The quantitative estimate of drug-likeness (QED) is 0.659. The van der Waals surface area contributed by atoms with Gasteiger partial charge in [0.15, 0.2) is 0 Å². The Morgan fingerprint density at radius 3 is 2.67 bits per heavy atom. The second-order valence-corrected chi connectivity index (χ2v) is 3.67. The van der Waals surface area contributed by atoms with Crippen LogP contribution in [0.2, 0.25) is 0 Å². The van der Waals surface area contributed by atoms with Crippen molar-refractivity contribution in [1.29, 1.82) is 0 Å². The third-order valence-corrected chi connectivity index (χ3v) is 2.13. The minimum atomic E-state index is -0.437. The molecule has 0 aromatic heterocycles. The standard InChI is InChI=1S/C8H14ClNO2/c1-6(9)8(11)10-7-2-4-12-5-3-7/h6-7H,2-5H2,1H3,(H,10,11). The monoisotopic (exact) mass is 191 g/mol. The third kappa shape index (κ3) is 2.99. The van der Waals surface area contributed by atoms with E-state index in [-0.39, 0.29) is 11.9 Å². The molecule has 70 valence electrons. The van der Waals surface area contributed by atoms with Gasteiger partial charge in [-0.1, -0.05) is 0 Å². The van der Waals surface area contributed by atoms with Gasteiger partial charge < -0.3 is 10.1 Å². The number of hydrogen-bond donors (Lipinski definition) is 1. The summed E-state index contributed by atoms with van der Waals surface area (Å²) in [5.41, 5.74) is 0. The van der Waals surface area contributed by atoms with Crippen LogP contribution in [0.4, 0.5) is 0 Å². The van der Waals surface area contributed by atoms with Crippen molar-refractivity contribution >= 4 is 17.5 Å². The van der Waals surface area contributed by atoms with Crippen molar-refractivity contribution in [3.63, 3.8) is 0 Å². The summed E-state index contributed by atoms with van der Waals surface area (Å²) in [5.74, 6) is -0.0800. The molecule has 1 rings (SSSR count). The molecule has 0 radical (unpaired) electrons. The Hall–Kier alpha value is -0.280. The van der Waals surface area contributed by atoms with Crippen LogP contribution in [0.25, 0.3) is 0 Å². The fraction of sp³-hybridized carbons (Fsp3) is 0.875. The SMILES string of the molecule is CC(Cl)C(=O)NC1CCOCC1. The number of alkyl halides is 1. The molecule has 0 aromatic carbocycles. The number of carbonyl (C=O) groups excluding carboxylic acids is 1. The van der Waals surface area contributed by atoms with E-state index in [4.69, 9.17) is 16.3 Å². The zero-order valence-electron chi connectivity index (χ0n) is 7.18. The van der Waals surface area contributed by atoms with Gasteiger partial charge in [0.25, 0.3) is 0 Å². The van der Waals surface area contributed by atoms with Crippen LogP contribution in [0.1, 0.15) is 19.8 Å². The lowest BCUT2D eigenvalue weighted by molar-refractivity contribution is -0.121. The number of carbonyl (C=O) groups is 1. The summed E-state index contributed by atoms with van der Waals surface area (Å²) in [5, 5.41) is 2.43. The van der Waals surface area contributed by atoms with Gasteiger partial charge in [-0.25, -0.2) is 0 Å².